The van der Waals surface area contributed by atoms with Crippen molar-refractivity contribution >= 4 is 11.9 Å². The number of aliphatic hydroxyl groups is 2. The van der Waals surface area contributed by atoms with Crippen LogP contribution in [0.5, 0.6) is 0 Å². The Balaban J connectivity index is -0.000000370. The van der Waals surface area contributed by atoms with Crippen molar-refractivity contribution in [2.45, 2.75) is 136 Å². The van der Waals surface area contributed by atoms with Crippen LogP contribution >= 0.6 is 0 Å². The quantitative estimate of drug-likeness (QED) is 0.192. The van der Waals surface area contributed by atoms with E-state index in [-0.39, 0.29) is 12.7 Å². The summed E-state index contributed by atoms with van der Waals surface area (Å²) in [6, 6.07) is 0. The number of carboxylic acids is 2. The summed E-state index contributed by atoms with van der Waals surface area (Å²) < 4.78 is 0. The Labute approximate surface area is 185 Å². The lowest BCUT2D eigenvalue weighted by molar-refractivity contribution is -0.138. The van der Waals surface area contributed by atoms with E-state index in [2.05, 4.69) is 13.8 Å². The predicted octanol–water partition coefficient (Wildman–Crippen LogP) is 6.17. The van der Waals surface area contributed by atoms with E-state index >= 15 is 0 Å². The second-order valence-electron chi connectivity index (χ2n) is 7.89. The molecule has 0 bridgehead atoms. The zero-order valence-corrected chi connectivity index (χ0v) is 19.9. The number of unbranched alkanes of at least 4 members (excludes halogenated alkanes) is 11. The van der Waals surface area contributed by atoms with Gasteiger partial charge in [-0.1, -0.05) is 78.1 Å². The van der Waals surface area contributed by atoms with Crippen LogP contribution < -0.4 is 0 Å². The van der Waals surface area contributed by atoms with Gasteiger partial charge in [0.15, 0.2) is 0 Å². The first-order valence-electron chi connectivity index (χ1n) is 12.0. The van der Waals surface area contributed by atoms with Crippen molar-refractivity contribution in [3.05, 3.63) is 0 Å². The van der Waals surface area contributed by atoms with E-state index in [1.807, 2.05) is 0 Å². The van der Waals surface area contributed by atoms with Crippen LogP contribution in [0.15, 0.2) is 0 Å². The molecule has 6 nitrogen and oxygen atoms in total. The SMILES string of the molecule is CC(O)CCCCO.CCCCCCCCC(=O)O.CCCCCCCCC(=O)O. The summed E-state index contributed by atoms with van der Waals surface area (Å²) in [7, 11) is 0. The minimum Gasteiger partial charge on any atom is -0.481 e. The molecule has 0 saturated carbocycles. The summed E-state index contributed by atoms with van der Waals surface area (Å²) in [4.78, 5) is 20.2. The van der Waals surface area contributed by atoms with Gasteiger partial charge in [0, 0.05) is 19.4 Å². The zero-order valence-electron chi connectivity index (χ0n) is 19.9. The lowest BCUT2D eigenvalue weighted by Crippen LogP contribution is -1.98. The van der Waals surface area contributed by atoms with Gasteiger partial charge in [0.25, 0.3) is 0 Å². The molecule has 1 unspecified atom stereocenters. The van der Waals surface area contributed by atoms with Crippen LogP contribution in [-0.4, -0.2) is 45.1 Å². The molecule has 0 heterocycles. The van der Waals surface area contributed by atoms with E-state index < -0.39 is 11.9 Å². The molecule has 0 aliphatic carbocycles. The van der Waals surface area contributed by atoms with Gasteiger partial charge in [-0.2, -0.15) is 0 Å². The standard InChI is InChI=1S/2C9H18O2.C6H14O2/c2*1-2-3-4-5-6-7-8-9(10)11;1-6(8)4-2-3-5-7/h2*2-8H2,1H3,(H,10,11);6-8H,2-5H2,1H3. The number of hydrogen-bond acceptors (Lipinski definition) is 4. The fourth-order valence-corrected chi connectivity index (χ4v) is 2.66. The van der Waals surface area contributed by atoms with Crippen molar-refractivity contribution in [2.75, 3.05) is 6.61 Å². The van der Waals surface area contributed by atoms with Gasteiger partial charge in [0.05, 0.1) is 6.10 Å². The monoisotopic (exact) mass is 434 g/mol. The third-order valence-electron chi connectivity index (χ3n) is 4.52. The van der Waals surface area contributed by atoms with Crippen molar-refractivity contribution in [2.24, 2.45) is 0 Å². The highest BCUT2D eigenvalue weighted by Crippen LogP contribution is 2.07. The minimum atomic E-state index is -0.666. The van der Waals surface area contributed by atoms with E-state index in [4.69, 9.17) is 20.4 Å². The van der Waals surface area contributed by atoms with Gasteiger partial charge in [0.1, 0.15) is 0 Å². The first kappa shape index (κ1) is 33.5. The average molecular weight is 435 g/mol. The second kappa shape index (κ2) is 30.1. The molecule has 0 aliphatic heterocycles. The number of carbonyl (C=O) groups is 2. The molecule has 182 valence electrons. The Morgan fingerprint density at radius 3 is 1.30 bits per heavy atom. The maximum absolute atomic E-state index is 10.1. The summed E-state index contributed by atoms with van der Waals surface area (Å²) in [6.45, 7) is 6.36. The van der Waals surface area contributed by atoms with Gasteiger partial charge in [-0.05, 0) is 39.0 Å². The van der Waals surface area contributed by atoms with Crippen LogP contribution in [0.25, 0.3) is 0 Å². The Bertz CT molecular complexity index is 319. The maximum Gasteiger partial charge on any atom is 0.303 e. The average Bonchev–Trinajstić information content (AvgIpc) is 2.68. The molecule has 0 aromatic carbocycles. The molecule has 0 fully saturated rings. The number of carboxylic acid groups (broad SMARTS) is 2. The maximum atomic E-state index is 10.1. The van der Waals surface area contributed by atoms with Crippen LogP contribution in [-0.2, 0) is 9.59 Å². The van der Waals surface area contributed by atoms with Gasteiger partial charge < -0.3 is 20.4 Å². The Kier molecular flexibility index (Phi) is 33.6. The van der Waals surface area contributed by atoms with E-state index in [1.54, 1.807) is 6.92 Å². The van der Waals surface area contributed by atoms with Gasteiger partial charge in [-0.25, -0.2) is 0 Å². The zero-order chi connectivity index (χ0) is 23.5. The fraction of sp³-hybridized carbons (Fsp3) is 0.917. The topological polar surface area (TPSA) is 115 Å². The van der Waals surface area contributed by atoms with Crippen molar-refractivity contribution < 1.29 is 30.0 Å². The molecule has 4 N–H and O–H groups in total. The van der Waals surface area contributed by atoms with Crippen LogP contribution in [0.4, 0.5) is 0 Å². The molecule has 0 saturated heterocycles. The Morgan fingerprint density at radius 1 is 0.633 bits per heavy atom. The highest BCUT2D eigenvalue weighted by atomic mass is 16.4. The lowest BCUT2D eigenvalue weighted by atomic mass is 10.1. The molecule has 6 heteroatoms. The largest absolute Gasteiger partial charge is 0.481 e. The second-order valence-corrected chi connectivity index (χ2v) is 7.89. The van der Waals surface area contributed by atoms with Crippen LogP contribution in [0, 0.1) is 0 Å². The molecule has 0 aromatic rings. The Hall–Kier alpha value is -1.14. The molecular formula is C24H50O6. The molecule has 0 spiro atoms. The number of aliphatic carboxylic acids is 2. The van der Waals surface area contributed by atoms with Crippen molar-refractivity contribution in [1.29, 1.82) is 0 Å². The van der Waals surface area contributed by atoms with Gasteiger partial charge in [-0.3, -0.25) is 9.59 Å². The van der Waals surface area contributed by atoms with Crippen LogP contribution in [0.2, 0.25) is 0 Å². The van der Waals surface area contributed by atoms with Gasteiger partial charge in [0.2, 0.25) is 0 Å². The summed E-state index contributed by atoms with van der Waals surface area (Å²) in [5.41, 5.74) is 0. The highest BCUT2D eigenvalue weighted by Gasteiger charge is 1.96. The predicted molar refractivity (Wildman–Crippen MR) is 124 cm³/mol. The molecule has 0 amide bonds. The number of rotatable bonds is 18. The highest BCUT2D eigenvalue weighted by molar-refractivity contribution is 5.66. The Morgan fingerprint density at radius 2 is 1.00 bits per heavy atom. The van der Waals surface area contributed by atoms with Gasteiger partial charge >= 0.3 is 11.9 Å². The van der Waals surface area contributed by atoms with Crippen LogP contribution in [0.1, 0.15) is 130 Å². The summed E-state index contributed by atoms with van der Waals surface area (Å²) in [6.07, 6.45) is 16.8. The summed E-state index contributed by atoms with van der Waals surface area (Å²) in [5, 5.41) is 33.6. The molecule has 0 aromatic heterocycles. The number of hydrogen-bond donors (Lipinski definition) is 4. The van der Waals surface area contributed by atoms with E-state index in [9.17, 15) is 9.59 Å². The first-order chi connectivity index (χ1) is 14.3. The minimum absolute atomic E-state index is 0.207. The molecular weight excluding hydrogens is 384 g/mol. The molecule has 1 atom stereocenters. The molecule has 0 radical (unpaired) electrons. The normalized spacial score (nSPS) is 11.0. The molecule has 0 rings (SSSR count). The molecule has 30 heavy (non-hydrogen) atoms. The van der Waals surface area contributed by atoms with Gasteiger partial charge in [-0.15, -0.1) is 0 Å². The van der Waals surface area contributed by atoms with E-state index in [0.717, 1.165) is 44.9 Å². The summed E-state index contributed by atoms with van der Waals surface area (Å²) >= 11 is 0. The van der Waals surface area contributed by atoms with Crippen molar-refractivity contribution in [3.8, 4) is 0 Å². The fourth-order valence-electron chi connectivity index (χ4n) is 2.66. The third-order valence-corrected chi connectivity index (χ3v) is 4.52. The third kappa shape index (κ3) is 45.5. The van der Waals surface area contributed by atoms with Crippen molar-refractivity contribution in [3.63, 3.8) is 0 Å². The van der Waals surface area contributed by atoms with Crippen molar-refractivity contribution in [1.82, 2.24) is 0 Å². The van der Waals surface area contributed by atoms with Crippen LogP contribution in [0.3, 0.4) is 0 Å². The smallest absolute Gasteiger partial charge is 0.303 e. The lowest BCUT2D eigenvalue weighted by Gasteiger charge is -1.99. The number of aliphatic hydroxyl groups excluding tert-OH is 2. The summed E-state index contributed by atoms with van der Waals surface area (Å²) in [5.74, 6) is -1.33. The molecule has 0 aliphatic rings. The van der Waals surface area contributed by atoms with E-state index in [1.165, 1.54) is 51.4 Å². The first-order valence-corrected chi connectivity index (χ1v) is 12.0. The van der Waals surface area contributed by atoms with E-state index in [0.29, 0.717) is 12.8 Å².